The maximum atomic E-state index is 10.8. The summed E-state index contributed by atoms with van der Waals surface area (Å²) in [6.07, 6.45) is 1.30. The number of hydrogen-bond acceptors (Lipinski definition) is 6. The first-order valence-corrected chi connectivity index (χ1v) is 6.70. The van der Waals surface area contributed by atoms with Crippen molar-refractivity contribution >= 4 is 39.0 Å². The zero-order chi connectivity index (χ0) is 15.0. The summed E-state index contributed by atoms with van der Waals surface area (Å²) < 4.78 is 7.52. The molecule has 0 unspecified atom stereocenters. The van der Waals surface area contributed by atoms with Gasteiger partial charge in [-0.05, 0) is 22.0 Å². The van der Waals surface area contributed by atoms with E-state index in [1.54, 1.807) is 0 Å². The molecule has 2 heterocycles. The number of non-ortho nitro benzene ring substituents is 1. The Morgan fingerprint density at radius 2 is 2.19 bits per heavy atom. The van der Waals surface area contributed by atoms with Crippen molar-refractivity contribution in [3.8, 4) is 11.6 Å². The Morgan fingerprint density at radius 1 is 1.38 bits per heavy atom. The molecule has 0 aliphatic rings. The van der Waals surface area contributed by atoms with Crippen molar-refractivity contribution in [3.05, 3.63) is 50.3 Å². The van der Waals surface area contributed by atoms with Gasteiger partial charge in [0, 0.05) is 12.1 Å². The smallest absolute Gasteiger partial charge is 0.273 e. The molecule has 10 heteroatoms. The van der Waals surface area contributed by atoms with Gasteiger partial charge in [-0.1, -0.05) is 11.6 Å². The lowest BCUT2D eigenvalue weighted by molar-refractivity contribution is -0.384. The zero-order valence-electron chi connectivity index (χ0n) is 10.1. The summed E-state index contributed by atoms with van der Waals surface area (Å²) >= 11 is 9.15. The van der Waals surface area contributed by atoms with E-state index in [0.717, 1.165) is 0 Å². The van der Waals surface area contributed by atoms with E-state index in [-0.39, 0.29) is 28.2 Å². The van der Waals surface area contributed by atoms with Gasteiger partial charge in [0.2, 0.25) is 5.88 Å². The molecule has 0 spiro atoms. The SMILES string of the molecule is O=[N+]([O-])c1ccc(Br)c(Oc2cc(Cl)nc3ncnn23)c1. The molecule has 0 fully saturated rings. The summed E-state index contributed by atoms with van der Waals surface area (Å²) in [5.41, 5.74) is -0.0943. The van der Waals surface area contributed by atoms with E-state index in [1.807, 2.05) is 0 Å². The molecular formula is C11H5BrClN5O3. The summed E-state index contributed by atoms with van der Waals surface area (Å²) in [6, 6.07) is 5.62. The van der Waals surface area contributed by atoms with Crippen molar-refractivity contribution in [2.24, 2.45) is 0 Å². The number of halogens is 2. The van der Waals surface area contributed by atoms with Gasteiger partial charge in [0.1, 0.15) is 11.5 Å². The molecule has 3 rings (SSSR count). The maximum Gasteiger partial charge on any atom is 0.273 e. The van der Waals surface area contributed by atoms with Crippen LogP contribution in [-0.4, -0.2) is 24.5 Å². The molecular weight excluding hydrogens is 366 g/mol. The third-order valence-corrected chi connectivity index (χ3v) is 3.38. The number of ether oxygens (including phenoxy) is 1. The lowest BCUT2D eigenvalue weighted by Crippen LogP contribution is -1.99. The molecule has 0 radical (unpaired) electrons. The Bertz CT molecular complexity index is 853. The van der Waals surface area contributed by atoms with E-state index < -0.39 is 4.92 Å². The Labute approximate surface area is 130 Å². The summed E-state index contributed by atoms with van der Waals surface area (Å²) in [5.74, 6) is 0.756. The summed E-state index contributed by atoms with van der Waals surface area (Å²) in [6.45, 7) is 0. The summed E-state index contributed by atoms with van der Waals surface area (Å²) in [7, 11) is 0. The molecule has 8 nitrogen and oxygen atoms in total. The fraction of sp³-hybridized carbons (Fsp3) is 0. The van der Waals surface area contributed by atoms with Crippen molar-refractivity contribution in [1.29, 1.82) is 0 Å². The van der Waals surface area contributed by atoms with Gasteiger partial charge in [0.05, 0.1) is 15.5 Å². The molecule has 0 bridgehead atoms. The molecule has 0 aliphatic heterocycles. The van der Waals surface area contributed by atoms with Crippen LogP contribution in [0.1, 0.15) is 0 Å². The first-order chi connectivity index (χ1) is 10.0. The average Bonchev–Trinajstić information content (AvgIpc) is 2.89. The van der Waals surface area contributed by atoms with Crippen molar-refractivity contribution in [1.82, 2.24) is 19.6 Å². The van der Waals surface area contributed by atoms with Gasteiger partial charge < -0.3 is 4.74 Å². The average molecular weight is 371 g/mol. The number of rotatable bonds is 3. The number of benzene rings is 1. The van der Waals surface area contributed by atoms with E-state index in [4.69, 9.17) is 16.3 Å². The lowest BCUT2D eigenvalue weighted by atomic mass is 10.3. The Kier molecular flexibility index (Phi) is 3.43. The number of nitro groups is 1. The van der Waals surface area contributed by atoms with E-state index in [1.165, 1.54) is 35.1 Å². The van der Waals surface area contributed by atoms with E-state index in [2.05, 4.69) is 31.0 Å². The van der Waals surface area contributed by atoms with Gasteiger partial charge in [-0.3, -0.25) is 10.1 Å². The third kappa shape index (κ3) is 2.65. The minimum Gasteiger partial charge on any atom is -0.437 e. The van der Waals surface area contributed by atoms with Crippen LogP contribution in [-0.2, 0) is 0 Å². The molecule has 0 saturated carbocycles. The molecule has 1 aromatic carbocycles. The third-order valence-electron chi connectivity index (χ3n) is 2.53. The molecule has 2 aromatic heterocycles. The predicted octanol–water partition coefficient (Wildman–Crippen LogP) is 3.24. The molecule has 0 N–H and O–H groups in total. The monoisotopic (exact) mass is 369 g/mol. The normalized spacial score (nSPS) is 10.8. The van der Waals surface area contributed by atoms with Gasteiger partial charge in [-0.25, -0.2) is 0 Å². The molecule has 0 aliphatic carbocycles. The first-order valence-electron chi connectivity index (χ1n) is 5.52. The van der Waals surface area contributed by atoms with Crippen molar-refractivity contribution in [3.63, 3.8) is 0 Å². The number of hydrogen-bond donors (Lipinski definition) is 0. The largest absolute Gasteiger partial charge is 0.437 e. The standard InChI is InChI=1S/C11H5BrClN5O3/c12-7-2-1-6(18(19)20)3-8(7)21-10-4-9(13)16-11-14-5-15-17(10)11/h1-5H. The number of nitro benzene ring substituents is 1. The fourth-order valence-corrected chi connectivity index (χ4v) is 2.12. The van der Waals surface area contributed by atoms with E-state index >= 15 is 0 Å². The predicted molar refractivity (Wildman–Crippen MR) is 76.7 cm³/mol. The molecule has 0 amide bonds. The van der Waals surface area contributed by atoms with E-state index in [0.29, 0.717) is 4.47 Å². The van der Waals surface area contributed by atoms with Crippen LogP contribution < -0.4 is 4.74 Å². The van der Waals surface area contributed by atoms with E-state index in [9.17, 15) is 10.1 Å². The van der Waals surface area contributed by atoms with Crippen LogP contribution in [0.25, 0.3) is 5.78 Å². The number of nitrogens with zero attached hydrogens (tertiary/aromatic N) is 5. The molecule has 3 aromatic rings. The van der Waals surface area contributed by atoms with Crippen LogP contribution in [0.2, 0.25) is 5.15 Å². The summed E-state index contributed by atoms with van der Waals surface area (Å²) in [5, 5.41) is 14.9. The fourth-order valence-electron chi connectivity index (χ4n) is 1.63. The van der Waals surface area contributed by atoms with Crippen LogP contribution in [0.4, 0.5) is 5.69 Å². The van der Waals surface area contributed by atoms with Crippen molar-refractivity contribution in [2.75, 3.05) is 0 Å². The van der Waals surface area contributed by atoms with Crippen molar-refractivity contribution in [2.45, 2.75) is 0 Å². The molecule has 21 heavy (non-hydrogen) atoms. The van der Waals surface area contributed by atoms with Crippen LogP contribution in [0, 0.1) is 10.1 Å². The maximum absolute atomic E-state index is 10.8. The van der Waals surface area contributed by atoms with Gasteiger partial charge in [0.25, 0.3) is 11.5 Å². The van der Waals surface area contributed by atoms with Gasteiger partial charge in [0.15, 0.2) is 5.75 Å². The Hall–Kier alpha value is -2.26. The first kappa shape index (κ1) is 13.7. The highest BCUT2D eigenvalue weighted by molar-refractivity contribution is 9.10. The second-order valence-electron chi connectivity index (χ2n) is 3.86. The highest BCUT2D eigenvalue weighted by Gasteiger charge is 2.14. The van der Waals surface area contributed by atoms with Crippen LogP contribution in [0.5, 0.6) is 11.6 Å². The molecule has 0 atom stereocenters. The second kappa shape index (κ2) is 5.26. The molecule has 0 saturated heterocycles. The second-order valence-corrected chi connectivity index (χ2v) is 5.10. The van der Waals surface area contributed by atoms with Gasteiger partial charge in [-0.15, -0.1) is 0 Å². The zero-order valence-corrected chi connectivity index (χ0v) is 12.4. The van der Waals surface area contributed by atoms with Gasteiger partial charge in [-0.2, -0.15) is 19.6 Å². The Morgan fingerprint density at radius 3 is 2.95 bits per heavy atom. The number of aromatic nitrogens is 4. The highest BCUT2D eigenvalue weighted by atomic mass is 79.9. The minimum atomic E-state index is -0.510. The van der Waals surface area contributed by atoms with Gasteiger partial charge >= 0.3 is 0 Å². The lowest BCUT2D eigenvalue weighted by Gasteiger charge is -2.08. The minimum absolute atomic E-state index is 0.0943. The summed E-state index contributed by atoms with van der Waals surface area (Å²) in [4.78, 5) is 18.2. The quantitative estimate of drug-likeness (QED) is 0.399. The molecule has 106 valence electrons. The van der Waals surface area contributed by atoms with Crippen molar-refractivity contribution < 1.29 is 9.66 Å². The highest BCUT2D eigenvalue weighted by Crippen LogP contribution is 2.33. The van der Waals surface area contributed by atoms with Crippen LogP contribution >= 0.6 is 27.5 Å². The number of fused-ring (bicyclic) bond motifs is 1. The topological polar surface area (TPSA) is 95.5 Å². The van der Waals surface area contributed by atoms with Crippen LogP contribution in [0.3, 0.4) is 0 Å². The van der Waals surface area contributed by atoms with Crippen LogP contribution in [0.15, 0.2) is 35.1 Å². The Balaban J connectivity index is 2.08.